The minimum Gasteiger partial charge on any atom is -0.356 e. The van der Waals surface area contributed by atoms with Crippen LogP contribution >= 0.6 is 23.2 Å². The van der Waals surface area contributed by atoms with Crippen molar-refractivity contribution in [2.75, 3.05) is 6.54 Å². The Kier molecular flexibility index (Phi) is 7.29. The van der Waals surface area contributed by atoms with Crippen LogP contribution in [0.15, 0.2) is 48.5 Å². The smallest absolute Gasteiger partial charge is 0.222 e. The highest BCUT2D eigenvalue weighted by atomic mass is 35.5. The summed E-state index contributed by atoms with van der Waals surface area (Å²) in [7, 11) is 0. The van der Waals surface area contributed by atoms with Gasteiger partial charge in [-0.25, -0.2) is 0 Å². The molecule has 2 aromatic rings. The zero-order valence-electron chi connectivity index (χ0n) is 13.9. The first-order valence-corrected chi connectivity index (χ1v) is 8.73. The van der Waals surface area contributed by atoms with Gasteiger partial charge in [-0.2, -0.15) is 0 Å². The van der Waals surface area contributed by atoms with Gasteiger partial charge >= 0.3 is 0 Å². The van der Waals surface area contributed by atoms with Crippen LogP contribution in [0.25, 0.3) is 0 Å². The van der Waals surface area contributed by atoms with Crippen molar-refractivity contribution in [2.45, 2.75) is 25.8 Å². The van der Waals surface area contributed by atoms with Crippen molar-refractivity contribution in [3.63, 3.8) is 0 Å². The molecule has 0 saturated heterocycles. The van der Waals surface area contributed by atoms with Gasteiger partial charge in [0.25, 0.3) is 0 Å². The maximum atomic E-state index is 12.2. The molecular formula is C19H20Cl2N2O2. The second kappa shape index (κ2) is 9.44. The van der Waals surface area contributed by atoms with Gasteiger partial charge in [-0.15, -0.1) is 0 Å². The molecule has 0 spiro atoms. The largest absolute Gasteiger partial charge is 0.356 e. The third-order valence-electron chi connectivity index (χ3n) is 3.66. The molecule has 0 radical (unpaired) electrons. The summed E-state index contributed by atoms with van der Waals surface area (Å²) in [6.45, 7) is 1.94. The minimum absolute atomic E-state index is 0.129. The predicted octanol–water partition coefficient (Wildman–Crippen LogP) is 3.92. The summed E-state index contributed by atoms with van der Waals surface area (Å²) in [6, 6.07) is 14.2. The van der Waals surface area contributed by atoms with Crippen molar-refractivity contribution >= 4 is 35.0 Å². The third kappa shape index (κ3) is 6.77. The van der Waals surface area contributed by atoms with E-state index in [1.165, 1.54) is 6.92 Å². The van der Waals surface area contributed by atoms with Crippen LogP contribution in [0.3, 0.4) is 0 Å². The molecule has 0 heterocycles. The summed E-state index contributed by atoms with van der Waals surface area (Å²) >= 11 is 11.8. The molecule has 2 aromatic carbocycles. The maximum absolute atomic E-state index is 12.2. The van der Waals surface area contributed by atoms with Crippen molar-refractivity contribution in [3.05, 3.63) is 69.7 Å². The molecule has 0 fully saturated rings. The van der Waals surface area contributed by atoms with E-state index in [0.29, 0.717) is 23.0 Å². The molecule has 2 rings (SSSR count). The topological polar surface area (TPSA) is 58.2 Å². The Morgan fingerprint density at radius 3 is 2.40 bits per heavy atom. The number of carbonyl (C=O) groups is 2. The number of amides is 2. The highest BCUT2D eigenvalue weighted by Crippen LogP contribution is 2.19. The molecule has 25 heavy (non-hydrogen) atoms. The fourth-order valence-corrected chi connectivity index (χ4v) is 2.83. The van der Waals surface area contributed by atoms with Gasteiger partial charge in [0.2, 0.25) is 11.8 Å². The number of halogens is 2. The molecule has 0 aromatic heterocycles. The number of carbonyl (C=O) groups excluding carboxylic acids is 2. The van der Waals surface area contributed by atoms with Crippen LogP contribution in [-0.2, 0) is 16.0 Å². The average Bonchev–Trinajstić information content (AvgIpc) is 2.54. The van der Waals surface area contributed by atoms with E-state index in [-0.39, 0.29) is 24.3 Å². The van der Waals surface area contributed by atoms with Gasteiger partial charge in [0.1, 0.15) is 0 Å². The van der Waals surface area contributed by atoms with Crippen molar-refractivity contribution in [1.82, 2.24) is 10.6 Å². The number of hydrogen-bond acceptors (Lipinski definition) is 2. The second-order valence-corrected chi connectivity index (χ2v) is 6.61. The zero-order valence-corrected chi connectivity index (χ0v) is 15.4. The SMILES string of the molecule is CC(=O)NC(CC(=O)NCCc1cccc(Cl)c1)c1ccc(Cl)cc1. The molecule has 0 saturated carbocycles. The Bertz CT molecular complexity index is 732. The molecule has 2 N–H and O–H groups in total. The van der Waals surface area contributed by atoms with Gasteiger partial charge in [0, 0.05) is 23.5 Å². The Morgan fingerprint density at radius 1 is 1.04 bits per heavy atom. The second-order valence-electron chi connectivity index (χ2n) is 5.74. The normalized spacial score (nSPS) is 11.6. The molecule has 6 heteroatoms. The molecule has 0 aliphatic carbocycles. The lowest BCUT2D eigenvalue weighted by Crippen LogP contribution is -2.33. The van der Waals surface area contributed by atoms with Crippen LogP contribution in [0.5, 0.6) is 0 Å². The van der Waals surface area contributed by atoms with E-state index >= 15 is 0 Å². The van der Waals surface area contributed by atoms with Crippen LogP contribution in [0.4, 0.5) is 0 Å². The Labute approximate surface area is 157 Å². The van der Waals surface area contributed by atoms with Gasteiger partial charge in [0.15, 0.2) is 0 Å². The summed E-state index contributed by atoms with van der Waals surface area (Å²) in [4.78, 5) is 23.6. The Morgan fingerprint density at radius 2 is 1.76 bits per heavy atom. The molecule has 4 nitrogen and oxygen atoms in total. The number of hydrogen-bond donors (Lipinski definition) is 2. The minimum atomic E-state index is -0.388. The standard InChI is InChI=1S/C19H20Cl2N2O2/c1-13(24)23-18(15-5-7-16(20)8-6-15)12-19(25)22-10-9-14-3-2-4-17(21)11-14/h2-8,11,18H,9-10,12H2,1H3,(H,22,25)(H,23,24). The number of rotatable bonds is 7. The third-order valence-corrected chi connectivity index (χ3v) is 4.15. The molecule has 0 aliphatic rings. The van der Waals surface area contributed by atoms with Crippen molar-refractivity contribution in [2.24, 2.45) is 0 Å². The molecule has 1 atom stereocenters. The summed E-state index contributed by atoms with van der Waals surface area (Å²) in [5.41, 5.74) is 1.90. The van der Waals surface area contributed by atoms with E-state index in [2.05, 4.69) is 10.6 Å². The van der Waals surface area contributed by atoms with Crippen molar-refractivity contribution in [3.8, 4) is 0 Å². The average molecular weight is 379 g/mol. The van der Waals surface area contributed by atoms with Crippen molar-refractivity contribution < 1.29 is 9.59 Å². The quantitative estimate of drug-likeness (QED) is 0.766. The van der Waals surface area contributed by atoms with Gasteiger partial charge < -0.3 is 10.6 Å². The first-order chi connectivity index (χ1) is 11.9. The maximum Gasteiger partial charge on any atom is 0.222 e. The molecule has 0 aliphatic heterocycles. The molecule has 132 valence electrons. The first-order valence-electron chi connectivity index (χ1n) is 7.98. The van der Waals surface area contributed by atoms with Crippen LogP contribution in [0, 0.1) is 0 Å². The van der Waals surface area contributed by atoms with Crippen LogP contribution < -0.4 is 10.6 Å². The van der Waals surface area contributed by atoms with E-state index in [1.54, 1.807) is 12.1 Å². The fourth-order valence-electron chi connectivity index (χ4n) is 2.49. The summed E-state index contributed by atoms with van der Waals surface area (Å²) in [5.74, 6) is -0.317. The van der Waals surface area contributed by atoms with Gasteiger partial charge in [-0.05, 0) is 41.8 Å². The first kappa shape index (κ1) is 19.3. The lowest BCUT2D eigenvalue weighted by Gasteiger charge is -2.18. The summed E-state index contributed by atoms with van der Waals surface area (Å²) in [5, 5.41) is 6.96. The molecular weight excluding hydrogens is 359 g/mol. The zero-order chi connectivity index (χ0) is 18.2. The van der Waals surface area contributed by atoms with E-state index in [4.69, 9.17) is 23.2 Å². The predicted molar refractivity (Wildman–Crippen MR) is 101 cm³/mol. The summed E-state index contributed by atoms with van der Waals surface area (Å²) < 4.78 is 0. The van der Waals surface area contributed by atoms with Crippen LogP contribution in [0.1, 0.15) is 30.5 Å². The molecule has 1 unspecified atom stereocenters. The van der Waals surface area contributed by atoms with Gasteiger partial charge in [0.05, 0.1) is 12.5 Å². The Balaban J connectivity index is 1.90. The van der Waals surface area contributed by atoms with Crippen molar-refractivity contribution in [1.29, 1.82) is 0 Å². The summed E-state index contributed by atoms with van der Waals surface area (Å²) in [6.07, 6.45) is 0.856. The molecule has 0 bridgehead atoms. The lowest BCUT2D eigenvalue weighted by molar-refractivity contribution is -0.122. The van der Waals surface area contributed by atoms with E-state index < -0.39 is 0 Å². The fraction of sp³-hybridized carbons (Fsp3) is 0.263. The number of nitrogens with one attached hydrogen (secondary N) is 2. The van der Waals surface area contributed by atoms with E-state index in [1.807, 2.05) is 36.4 Å². The highest BCUT2D eigenvalue weighted by molar-refractivity contribution is 6.30. The van der Waals surface area contributed by atoms with Gasteiger partial charge in [-0.1, -0.05) is 47.5 Å². The van der Waals surface area contributed by atoms with E-state index in [0.717, 1.165) is 11.1 Å². The lowest BCUT2D eigenvalue weighted by atomic mass is 10.0. The van der Waals surface area contributed by atoms with Gasteiger partial charge in [-0.3, -0.25) is 9.59 Å². The number of benzene rings is 2. The van der Waals surface area contributed by atoms with E-state index in [9.17, 15) is 9.59 Å². The van der Waals surface area contributed by atoms with Crippen LogP contribution in [0.2, 0.25) is 10.0 Å². The monoisotopic (exact) mass is 378 g/mol. The Hall–Kier alpha value is -2.04. The highest BCUT2D eigenvalue weighted by Gasteiger charge is 2.17. The van der Waals surface area contributed by atoms with Crippen LogP contribution in [-0.4, -0.2) is 18.4 Å². The molecule has 2 amide bonds.